The van der Waals surface area contributed by atoms with Gasteiger partial charge in [0.1, 0.15) is 5.65 Å². The zero-order valence-electron chi connectivity index (χ0n) is 11.1. The highest BCUT2D eigenvalue weighted by Crippen LogP contribution is 2.12. The van der Waals surface area contributed by atoms with E-state index in [1.54, 1.807) is 29.3 Å². The van der Waals surface area contributed by atoms with Crippen LogP contribution in [0.4, 0.5) is 0 Å². The fraction of sp³-hybridized carbons (Fsp3) is 0.200. The first-order chi connectivity index (χ1) is 9.63. The number of aromatic nitrogens is 2. The van der Waals surface area contributed by atoms with Crippen LogP contribution in [0.3, 0.4) is 0 Å². The maximum Gasteiger partial charge on any atom is 0.229 e. The average Bonchev–Trinajstić information content (AvgIpc) is 2.79. The summed E-state index contributed by atoms with van der Waals surface area (Å²) in [6, 6.07) is 3.60. The minimum atomic E-state index is -0.000645. The number of carbonyl (C=O) groups is 1. The zero-order valence-corrected chi connectivity index (χ0v) is 11.9. The molecule has 0 fully saturated rings. The fourth-order valence-corrected chi connectivity index (χ4v) is 2.13. The number of imidazole rings is 1. The molecule has 0 N–H and O–H groups in total. The Morgan fingerprint density at radius 2 is 2.00 bits per heavy atom. The number of hydrogen-bond acceptors (Lipinski definition) is 2. The Bertz CT molecular complexity index is 638. The lowest BCUT2D eigenvalue weighted by Gasteiger charge is -2.18. The minimum Gasteiger partial charge on any atom is -0.335 e. The van der Waals surface area contributed by atoms with Crippen molar-refractivity contribution >= 4 is 23.2 Å². The van der Waals surface area contributed by atoms with E-state index in [2.05, 4.69) is 18.1 Å². The molecule has 0 aliphatic rings. The molecule has 104 valence electrons. The lowest BCUT2D eigenvalue weighted by Crippen LogP contribution is -2.32. The predicted molar refractivity (Wildman–Crippen MR) is 80.9 cm³/mol. The summed E-state index contributed by atoms with van der Waals surface area (Å²) >= 11 is 5.92. The van der Waals surface area contributed by atoms with Crippen molar-refractivity contribution in [2.24, 2.45) is 0 Å². The summed E-state index contributed by atoms with van der Waals surface area (Å²) < 4.78 is 1.82. The van der Waals surface area contributed by atoms with Crippen LogP contribution in [0.1, 0.15) is 5.69 Å². The maximum atomic E-state index is 12.2. The molecular formula is C15H16ClN3O. The molecule has 2 heterocycles. The number of amides is 1. The van der Waals surface area contributed by atoms with E-state index in [1.165, 1.54) is 0 Å². The van der Waals surface area contributed by atoms with Gasteiger partial charge in [-0.3, -0.25) is 4.79 Å². The number of carbonyl (C=O) groups excluding carboxylic acids is 1. The van der Waals surface area contributed by atoms with E-state index >= 15 is 0 Å². The van der Waals surface area contributed by atoms with Gasteiger partial charge in [-0.2, -0.15) is 0 Å². The predicted octanol–water partition coefficient (Wildman–Crippen LogP) is 2.73. The minimum absolute atomic E-state index is 0.000645. The first-order valence-corrected chi connectivity index (χ1v) is 6.64. The van der Waals surface area contributed by atoms with E-state index in [1.807, 2.05) is 16.7 Å². The molecule has 0 radical (unpaired) electrons. The van der Waals surface area contributed by atoms with Gasteiger partial charge in [0, 0.05) is 25.5 Å². The van der Waals surface area contributed by atoms with Crippen LogP contribution in [0.5, 0.6) is 0 Å². The molecule has 0 aromatic carbocycles. The van der Waals surface area contributed by atoms with Crippen molar-refractivity contribution < 1.29 is 4.79 Å². The number of halogens is 1. The van der Waals surface area contributed by atoms with Crippen LogP contribution in [0.2, 0.25) is 5.02 Å². The van der Waals surface area contributed by atoms with E-state index in [-0.39, 0.29) is 12.3 Å². The number of rotatable bonds is 6. The largest absolute Gasteiger partial charge is 0.335 e. The molecule has 0 unspecified atom stereocenters. The Morgan fingerprint density at radius 3 is 2.65 bits per heavy atom. The summed E-state index contributed by atoms with van der Waals surface area (Å²) in [4.78, 5) is 18.3. The molecule has 0 spiro atoms. The van der Waals surface area contributed by atoms with Crippen molar-refractivity contribution in [1.82, 2.24) is 14.3 Å². The van der Waals surface area contributed by atoms with Crippen molar-refractivity contribution in [3.8, 4) is 0 Å². The Kier molecular flexibility index (Phi) is 4.58. The molecule has 2 rings (SSSR count). The number of nitrogens with zero attached hydrogens (tertiary/aromatic N) is 3. The van der Waals surface area contributed by atoms with E-state index in [9.17, 15) is 4.79 Å². The van der Waals surface area contributed by atoms with Gasteiger partial charge in [0.2, 0.25) is 5.91 Å². The van der Waals surface area contributed by atoms with E-state index in [4.69, 9.17) is 11.6 Å². The lowest BCUT2D eigenvalue weighted by molar-refractivity contribution is -0.129. The lowest BCUT2D eigenvalue weighted by atomic mass is 10.3. The Labute approximate surface area is 123 Å². The van der Waals surface area contributed by atoms with Crippen LogP contribution in [0, 0.1) is 0 Å². The second-order valence-corrected chi connectivity index (χ2v) is 4.83. The highest BCUT2D eigenvalue weighted by Gasteiger charge is 2.13. The van der Waals surface area contributed by atoms with Crippen LogP contribution in [0.15, 0.2) is 49.8 Å². The van der Waals surface area contributed by atoms with Crippen molar-refractivity contribution in [2.75, 3.05) is 13.1 Å². The molecule has 0 saturated carbocycles. The van der Waals surface area contributed by atoms with Crippen molar-refractivity contribution in [3.63, 3.8) is 0 Å². The van der Waals surface area contributed by atoms with Crippen LogP contribution in [0.25, 0.3) is 5.65 Å². The summed E-state index contributed by atoms with van der Waals surface area (Å²) in [5.41, 5.74) is 1.49. The highest BCUT2D eigenvalue weighted by molar-refractivity contribution is 6.30. The van der Waals surface area contributed by atoms with Crippen molar-refractivity contribution in [1.29, 1.82) is 0 Å². The smallest absolute Gasteiger partial charge is 0.229 e. The first-order valence-electron chi connectivity index (χ1n) is 6.26. The second-order valence-electron chi connectivity index (χ2n) is 4.40. The fourth-order valence-electron chi connectivity index (χ4n) is 1.96. The van der Waals surface area contributed by atoms with Gasteiger partial charge in [0.25, 0.3) is 0 Å². The molecule has 1 amide bonds. The van der Waals surface area contributed by atoms with Crippen molar-refractivity contribution in [2.45, 2.75) is 6.42 Å². The normalized spacial score (nSPS) is 10.4. The summed E-state index contributed by atoms with van der Waals surface area (Å²) in [6.45, 7) is 8.32. The van der Waals surface area contributed by atoms with Crippen LogP contribution < -0.4 is 0 Å². The maximum absolute atomic E-state index is 12.2. The third-order valence-electron chi connectivity index (χ3n) is 2.85. The molecule has 4 nitrogen and oxygen atoms in total. The van der Waals surface area contributed by atoms with Gasteiger partial charge in [-0.05, 0) is 12.1 Å². The molecular weight excluding hydrogens is 274 g/mol. The van der Waals surface area contributed by atoms with Crippen LogP contribution in [-0.4, -0.2) is 33.3 Å². The van der Waals surface area contributed by atoms with Gasteiger partial charge in [-0.1, -0.05) is 23.8 Å². The molecule has 20 heavy (non-hydrogen) atoms. The monoisotopic (exact) mass is 289 g/mol. The Morgan fingerprint density at radius 1 is 1.30 bits per heavy atom. The topological polar surface area (TPSA) is 37.6 Å². The van der Waals surface area contributed by atoms with Gasteiger partial charge < -0.3 is 9.30 Å². The average molecular weight is 290 g/mol. The quantitative estimate of drug-likeness (QED) is 0.767. The zero-order chi connectivity index (χ0) is 14.5. The summed E-state index contributed by atoms with van der Waals surface area (Å²) in [5.74, 6) is -0.000645. The standard InChI is InChI=1S/C15H16ClN3O/c1-3-7-18(8-4-2)15(20)9-13-11-19-10-12(16)5-6-14(19)17-13/h3-6,10-11H,1-2,7-9H2. The Hall–Kier alpha value is -2.07. The van der Waals surface area contributed by atoms with E-state index in [0.29, 0.717) is 18.1 Å². The van der Waals surface area contributed by atoms with Gasteiger partial charge in [0.15, 0.2) is 0 Å². The van der Waals surface area contributed by atoms with Crippen LogP contribution in [-0.2, 0) is 11.2 Å². The molecule has 2 aromatic heterocycles. The van der Waals surface area contributed by atoms with Gasteiger partial charge >= 0.3 is 0 Å². The molecule has 0 aliphatic carbocycles. The van der Waals surface area contributed by atoms with E-state index < -0.39 is 0 Å². The molecule has 2 aromatic rings. The van der Waals surface area contributed by atoms with E-state index in [0.717, 1.165) is 11.3 Å². The summed E-state index contributed by atoms with van der Waals surface area (Å²) in [6.07, 6.45) is 7.24. The summed E-state index contributed by atoms with van der Waals surface area (Å²) in [7, 11) is 0. The third-order valence-corrected chi connectivity index (χ3v) is 3.07. The Balaban J connectivity index is 2.15. The SMILES string of the molecule is C=CCN(CC=C)C(=O)Cc1cn2cc(Cl)ccc2n1. The number of fused-ring (bicyclic) bond motifs is 1. The molecule has 0 aliphatic heterocycles. The number of pyridine rings is 1. The third kappa shape index (κ3) is 3.27. The molecule has 0 saturated heterocycles. The van der Waals surface area contributed by atoms with Gasteiger partial charge in [0.05, 0.1) is 17.1 Å². The van der Waals surface area contributed by atoms with Gasteiger partial charge in [-0.15, -0.1) is 13.2 Å². The molecule has 0 bridgehead atoms. The molecule has 5 heteroatoms. The number of hydrogen-bond donors (Lipinski definition) is 0. The van der Waals surface area contributed by atoms with Crippen molar-refractivity contribution in [3.05, 3.63) is 60.6 Å². The second kappa shape index (κ2) is 6.39. The van der Waals surface area contributed by atoms with Crippen LogP contribution >= 0.6 is 11.6 Å². The highest BCUT2D eigenvalue weighted by atomic mass is 35.5. The molecule has 0 atom stereocenters. The summed E-state index contributed by atoms with van der Waals surface area (Å²) in [5, 5.41) is 0.632. The first kappa shape index (κ1) is 14.3. The van der Waals surface area contributed by atoms with Gasteiger partial charge in [-0.25, -0.2) is 4.98 Å².